The standard InChI is InChI=1S/C14H18N4OS.ClH/c1-9(7-15)13(19)17-11-3-5-12(6-4-11)18-14-16-10(2)8-20-14;/h3-6,8-9H,7,15H2,1-2H3,(H,16,18)(H,17,19);1H. The van der Waals surface area contributed by atoms with Crippen LogP contribution in [-0.2, 0) is 4.79 Å². The van der Waals surface area contributed by atoms with Crippen LogP contribution in [0.15, 0.2) is 29.6 Å². The molecule has 2 rings (SSSR count). The fourth-order valence-electron chi connectivity index (χ4n) is 1.54. The highest BCUT2D eigenvalue weighted by Crippen LogP contribution is 2.22. The molecule has 0 aliphatic heterocycles. The third kappa shape index (κ3) is 5.00. The van der Waals surface area contributed by atoms with Crippen LogP contribution >= 0.6 is 23.7 Å². The summed E-state index contributed by atoms with van der Waals surface area (Å²) in [6.07, 6.45) is 0. The van der Waals surface area contributed by atoms with Gasteiger partial charge in [-0.05, 0) is 31.2 Å². The van der Waals surface area contributed by atoms with Gasteiger partial charge in [0.15, 0.2) is 5.13 Å². The lowest BCUT2D eigenvalue weighted by Crippen LogP contribution is -2.26. The summed E-state index contributed by atoms with van der Waals surface area (Å²) in [4.78, 5) is 16.0. The summed E-state index contributed by atoms with van der Waals surface area (Å²) in [6, 6.07) is 7.51. The van der Waals surface area contributed by atoms with E-state index in [1.165, 1.54) is 0 Å². The second-order valence-corrected chi connectivity index (χ2v) is 5.48. The topological polar surface area (TPSA) is 80.0 Å². The monoisotopic (exact) mass is 326 g/mol. The highest BCUT2D eigenvalue weighted by Gasteiger charge is 2.10. The number of thiazole rings is 1. The number of aryl methyl sites for hydroxylation is 1. The molecule has 4 N–H and O–H groups in total. The lowest BCUT2D eigenvalue weighted by Gasteiger charge is -2.10. The zero-order valence-corrected chi connectivity index (χ0v) is 13.6. The molecule has 0 fully saturated rings. The van der Waals surface area contributed by atoms with Crippen molar-refractivity contribution < 1.29 is 4.79 Å². The first kappa shape index (κ1) is 17.4. The highest BCUT2D eigenvalue weighted by molar-refractivity contribution is 7.13. The van der Waals surface area contributed by atoms with Crippen molar-refractivity contribution >= 4 is 46.2 Å². The van der Waals surface area contributed by atoms with Crippen LogP contribution < -0.4 is 16.4 Å². The van der Waals surface area contributed by atoms with Crippen molar-refractivity contribution in [3.8, 4) is 0 Å². The van der Waals surface area contributed by atoms with Crippen LogP contribution in [-0.4, -0.2) is 17.4 Å². The van der Waals surface area contributed by atoms with E-state index in [0.717, 1.165) is 22.2 Å². The number of aromatic nitrogens is 1. The van der Waals surface area contributed by atoms with Crippen LogP contribution in [0.2, 0.25) is 0 Å². The zero-order valence-electron chi connectivity index (χ0n) is 11.9. The molecule has 0 bridgehead atoms. The van der Waals surface area contributed by atoms with Gasteiger partial charge in [-0.15, -0.1) is 23.7 Å². The highest BCUT2D eigenvalue weighted by atomic mass is 35.5. The Morgan fingerprint density at radius 1 is 1.33 bits per heavy atom. The third-order valence-electron chi connectivity index (χ3n) is 2.82. The summed E-state index contributed by atoms with van der Waals surface area (Å²) in [5, 5.41) is 8.89. The molecule has 1 aromatic carbocycles. The van der Waals surface area contributed by atoms with Gasteiger partial charge in [-0.25, -0.2) is 4.98 Å². The van der Waals surface area contributed by atoms with Gasteiger partial charge in [0, 0.05) is 29.2 Å². The number of nitrogens with one attached hydrogen (secondary N) is 2. The molecule has 114 valence electrons. The van der Waals surface area contributed by atoms with Crippen LogP contribution in [0.4, 0.5) is 16.5 Å². The van der Waals surface area contributed by atoms with E-state index in [2.05, 4.69) is 15.6 Å². The van der Waals surface area contributed by atoms with Crippen molar-refractivity contribution in [2.75, 3.05) is 17.2 Å². The molecule has 0 radical (unpaired) electrons. The summed E-state index contributed by atoms with van der Waals surface area (Å²) in [5.74, 6) is -0.255. The van der Waals surface area contributed by atoms with E-state index < -0.39 is 0 Å². The van der Waals surface area contributed by atoms with E-state index in [1.54, 1.807) is 18.3 Å². The summed E-state index contributed by atoms with van der Waals surface area (Å²) in [7, 11) is 0. The molecular weight excluding hydrogens is 308 g/mol. The molecule has 1 atom stereocenters. The Morgan fingerprint density at radius 2 is 1.95 bits per heavy atom. The first-order valence-electron chi connectivity index (χ1n) is 6.38. The van der Waals surface area contributed by atoms with Gasteiger partial charge < -0.3 is 16.4 Å². The number of hydrogen-bond acceptors (Lipinski definition) is 5. The number of nitrogens with two attached hydrogens (primary N) is 1. The van der Waals surface area contributed by atoms with Crippen molar-refractivity contribution in [2.24, 2.45) is 11.7 Å². The Labute approximate surface area is 134 Å². The van der Waals surface area contributed by atoms with Gasteiger partial charge >= 0.3 is 0 Å². The Morgan fingerprint density at radius 3 is 2.48 bits per heavy atom. The Balaban J connectivity index is 0.00000220. The number of rotatable bonds is 5. The zero-order chi connectivity index (χ0) is 14.5. The van der Waals surface area contributed by atoms with Crippen LogP contribution in [0.3, 0.4) is 0 Å². The summed E-state index contributed by atoms with van der Waals surface area (Å²) >= 11 is 1.56. The Bertz CT molecular complexity index is 585. The first-order chi connectivity index (χ1) is 9.58. The van der Waals surface area contributed by atoms with Gasteiger partial charge in [-0.3, -0.25) is 4.79 Å². The van der Waals surface area contributed by atoms with Crippen LogP contribution in [0.1, 0.15) is 12.6 Å². The van der Waals surface area contributed by atoms with Gasteiger partial charge in [0.05, 0.1) is 5.69 Å². The van der Waals surface area contributed by atoms with E-state index >= 15 is 0 Å². The average Bonchev–Trinajstić information content (AvgIpc) is 2.85. The number of carbonyl (C=O) groups is 1. The second-order valence-electron chi connectivity index (χ2n) is 4.62. The minimum Gasteiger partial charge on any atom is -0.332 e. The lowest BCUT2D eigenvalue weighted by molar-refractivity contribution is -0.119. The molecular formula is C14H19ClN4OS. The Hall–Kier alpha value is -1.63. The largest absolute Gasteiger partial charge is 0.332 e. The number of amides is 1. The van der Waals surface area contributed by atoms with Gasteiger partial charge in [-0.2, -0.15) is 0 Å². The van der Waals surface area contributed by atoms with Crippen LogP contribution in [0.25, 0.3) is 0 Å². The summed E-state index contributed by atoms with van der Waals surface area (Å²) in [6.45, 7) is 4.10. The molecule has 0 saturated heterocycles. The normalized spacial score (nSPS) is 11.4. The smallest absolute Gasteiger partial charge is 0.228 e. The van der Waals surface area contributed by atoms with Gasteiger partial charge in [0.1, 0.15) is 0 Å². The van der Waals surface area contributed by atoms with E-state index in [4.69, 9.17) is 5.73 Å². The van der Waals surface area contributed by atoms with Gasteiger partial charge in [0.25, 0.3) is 0 Å². The van der Waals surface area contributed by atoms with E-state index in [1.807, 2.05) is 36.6 Å². The SMILES string of the molecule is Cc1csc(Nc2ccc(NC(=O)C(C)CN)cc2)n1.Cl. The van der Waals surface area contributed by atoms with E-state index in [0.29, 0.717) is 6.54 Å². The molecule has 0 aliphatic rings. The molecule has 0 saturated carbocycles. The minimum absolute atomic E-state index is 0. The number of benzene rings is 1. The molecule has 2 aromatic rings. The maximum atomic E-state index is 11.7. The predicted octanol–water partition coefficient (Wildman–Crippen LogP) is 3.15. The van der Waals surface area contributed by atoms with Crippen molar-refractivity contribution in [3.05, 3.63) is 35.3 Å². The molecule has 5 nitrogen and oxygen atoms in total. The number of halogens is 1. The molecule has 0 spiro atoms. The number of hydrogen-bond donors (Lipinski definition) is 3. The summed E-state index contributed by atoms with van der Waals surface area (Å²) < 4.78 is 0. The van der Waals surface area contributed by atoms with E-state index in [9.17, 15) is 4.79 Å². The number of carbonyl (C=O) groups excluding carboxylic acids is 1. The van der Waals surface area contributed by atoms with Gasteiger partial charge in [0.2, 0.25) is 5.91 Å². The fourth-order valence-corrected chi connectivity index (χ4v) is 2.25. The third-order valence-corrected chi connectivity index (χ3v) is 3.70. The van der Waals surface area contributed by atoms with Crippen molar-refractivity contribution in [1.29, 1.82) is 0 Å². The van der Waals surface area contributed by atoms with Crippen molar-refractivity contribution in [1.82, 2.24) is 4.98 Å². The van der Waals surface area contributed by atoms with Crippen molar-refractivity contribution in [2.45, 2.75) is 13.8 Å². The average molecular weight is 327 g/mol. The lowest BCUT2D eigenvalue weighted by atomic mass is 10.1. The van der Waals surface area contributed by atoms with Crippen LogP contribution in [0.5, 0.6) is 0 Å². The quantitative estimate of drug-likeness (QED) is 0.788. The number of anilines is 3. The predicted molar refractivity (Wildman–Crippen MR) is 90.7 cm³/mol. The van der Waals surface area contributed by atoms with Crippen molar-refractivity contribution in [3.63, 3.8) is 0 Å². The second kappa shape index (κ2) is 7.97. The van der Waals surface area contributed by atoms with Gasteiger partial charge in [-0.1, -0.05) is 6.92 Å². The minimum atomic E-state index is -0.189. The maximum absolute atomic E-state index is 11.7. The molecule has 1 aromatic heterocycles. The molecule has 1 heterocycles. The molecule has 0 aliphatic carbocycles. The molecule has 1 amide bonds. The molecule has 21 heavy (non-hydrogen) atoms. The Kier molecular flexibility index (Phi) is 6.61. The maximum Gasteiger partial charge on any atom is 0.228 e. The van der Waals surface area contributed by atoms with Crippen LogP contribution in [0, 0.1) is 12.8 Å². The fraction of sp³-hybridized carbons (Fsp3) is 0.286. The van der Waals surface area contributed by atoms with E-state index in [-0.39, 0.29) is 24.2 Å². The molecule has 1 unspecified atom stereocenters. The summed E-state index contributed by atoms with van der Waals surface area (Å²) in [5.41, 5.74) is 8.15. The molecule has 7 heteroatoms. The number of nitrogens with zero attached hydrogens (tertiary/aromatic N) is 1. The first-order valence-corrected chi connectivity index (χ1v) is 7.26.